The molecule has 1 aromatic carbocycles. The molecular formula is C12H16N2O4S3. The average molecular weight is 348 g/mol. The van der Waals surface area contributed by atoms with E-state index in [4.69, 9.17) is 18.0 Å². The number of hydrogen-bond donors (Lipinski definition) is 1. The molecule has 1 unspecified atom stereocenters. The second kappa shape index (κ2) is 5.64. The first-order valence-corrected chi connectivity index (χ1v) is 9.89. The Bertz CT molecular complexity index is 771. The van der Waals surface area contributed by atoms with E-state index in [9.17, 15) is 16.8 Å². The van der Waals surface area contributed by atoms with Crippen molar-refractivity contribution in [3.05, 3.63) is 29.8 Å². The highest BCUT2D eigenvalue weighted by Gasteiger charge is 2.37. The number of nitrogens with zero attached hydrogens (tertiary/aromatic N) is 1. The van der Waals surface area contributed by atoms with E-state index in [0.717, 1.165) is 4.31 Å². The molecule has 0 radical (unpaired) electrons. The predicted molar refractivity (Wildman–Crippen MR) is 84.3 cm³/mol. The standard InChI is InChI=1S/C12H16N2O4S3/c1-14(9-6-7-20(15,16)8-9)21(17,18)11-5-3-2-4-10(11)12(13)19/h2-5,9H,6-8H2,1H3,(H2,13,19). The van der Waals surface area contributed by atoms with Crippen molar-refractivity contribution in [1.82, 2.24) is 4.31 Å². The van der Waals surface area contributed by atoms with Gasteiger partial charge in [0.2, 0.25) is 10.0 Å². The third kappa shape index (κ3) is 3.25. The van der Waals surface area contributed by atoms with Crippen molar-refractivity contribution in [3.63, 3.8) is 0 Å². The molecule has 0 saturated carbocycles. The summed E-state index contributed by atoms with van der Waals surface area (Å²) in [4.78, 5) is -0.00841. The Balaban J connectivity index is 2.41. The van der Waals surface area contributed by atoms with Crippen LogP contribution in [0.4, 0.5) is 0 Å². The van der Waals surface area contributed by atoms with Gasteiger partial charge >= 0.3 is 0 Å². The summed E-state index contributed by atoms with van der Waals surface area (Å²) in [6.07, 6.45) is 0.299. The van der Waals surface area contributed by atoms with Crippen LogP contribution in [0.15, 0.2) is 29.2 Å². The minimum Gasteiger partial charge on any atom is -0.389 e. The van der Waals surface area contributed by atoms with Gasteiger partial charge in [-0.15, -0.1) is 0 Å². The molecule has 9 heteroatoms. The van der Waals surface area contributed by atoms with Crippen molar-refractivity contribution >= 4 is 37.1 Å². The Morgan fingerprint density at radius 1 is 1.38 bits per heavy atom. The van der Waals surface area contributed by atoms with E-state index < -0.39 is 25.9 Å². The summed E-state index contributed by atoms with van der Waals surface area (Å²) in [5.41, 5.74) is 5.82. The number of benzene rings is 1. The second-order valence-corrected chi connectivity index (χ2v) is 9.57. The van der Waals surface area contributed by atoms with Gasteiger partial charge in [0.05, 0.1) is 16.4 Å². The lowest BCUT2D eigenvalue weighted by Gasteiger charge is -2.23. The first kappa shape index (κ1) is 16.3. The van der Waals surface area contributed by atoms with E-state index >= 15 is 0 Å². The summed E-state index contributed by atoms with van der Waals surface area (Å²) >= 11 is 4.88. The van der Waals surface area contributed by atoms with Crippen LogP contribution in [0.2, 0.25) is 0 Å². The van der Waals surface area contributed by atoms with Crippen LogP contribution in [0.1, 0.15) is 12.0 Å². The molecule has 21 heavy (non-hydrogen) atoms. The fourth-order valence-electron chi connectivity index (χ4n) is 2.31. The van der Waals surface area contributed by atoms with Crippen LogP contribution in [-0.2, 0) is 19.9 Å². The largest absolute Gasteiger partial charge is 0.389 e. The third-order valence-corrected chi connectivity index (χ3v) is 7.47. The van der Waals surface area contributed by atoms with Gasteiger partial charge in [-0.25, -0.2) is 16.8 Å². The van der Waals surface area contributed by atoms with Gasteiger partial charge in [0, 0.05) is 18.7 Å². The zero-order chi connectivity index (χ0) is 15.8. The van der Waals surface area contributed by atoms with Gasteiger partial charge in [0.15, 0.2) is 9.84 Å². The van der Waals surface area contributed by atoms with Crippen LogP contribution in [0, 0.1) is 0 Å². The summed E-state index contributed by atoms with van der Waals surface area (Å²) in [5, 5.41) is 0. The molecule has 0 amide bonds. The Labute approximate surface area is 129 Å². The molecule has 6 nitrogen and oxygen atoms in total. The summed E-state index contributed by atoms with van der Waals surface area (Å²) < 4.78 is 49.5. The maximum absolute atomic E-state index is 12.7. The minimum atomic E-state index is -3.85. The van der Waals surface area contributed by atoms with Gasteiger partial charge in [-0.3, -0.25) is 0 Å². The number of hydrogen-bond acceptors (Lipinski definition) is 5. The van der Waals surface area contributed by atoms with Crippen LogP contribution in [0.3, 0.4) is 0 Å². The molecule has 1 atom stereocenters. The van der Waals surface area contributed by atoms with Crippen molar-refractivity contribution in [3.8, 4) is 0 Å². The van der Waals surface area contributed by atoms with E-state index in [1.165, 1.54) is 19.2 Å². The van der Waals surface area contributed by atoms with E-state index in [0.29, 0.717) is 6.42 Å². The molecule has 1 aliphatic heterocycles. The molecule has 1 aromatic rings. The van der Waals surface area contributed by atoms with Gasteiger partial charge in [-0.05, 0) is 12.5 Å². The molecule has 0 aromatic heterocycles. The molecule has 1 fully saturated rings. The molecule has 116 valence electrons. The van der Waals surface area contributed by atoms with Gasteiger partial charge in [0.25, 0.3) is 0 Å². The van der Waals surface area contributed by atoms with Crippen molar-refractivity contribution in [2.45, 2.75) is 17.4 Å². The van der Waals surface area contributed by atoms with E-state index in [1.54, 1.807) is 12.1 Å². The molecule has 2 rings (SSSR count). The van der Waals surface area contributed by atoms with Crippen molar-refractivity contribution in [2.75, 3.05) is 18.6 Å². The van der Waals surface area contributed by atoms with Crippen LogP contribution in [-0.4, -0.2) is 50.7 Å². The summed E-state index contributed by atoms with van der Waals surface area (Å²) in [6, 6.07) is 5.62. The molecule has 1 aliphatic rings. The van der Waals surface area contributed by atoms with E-state index in [-0.39, 0.29) is 27.0 Å². The highest BCUT2D eigenvalue weighted by Crippen LogP contribution is 2.25. The highest BCUT2D eigenvalue weighted by atomic mass is 32.2. The Kier molecular flexibility index (Phi) is 4.39. The second-order valence-electron chi connectivity index (χ2n) is 4.94. The number of rotatable bonds is 4. The molecule has 2 N–H and O–H groups in total. The lowest BCUT2D eigenvalue weighted by atomic mass is 10.2. The van der Waals surface area contributed by atoms with Crippen LogP contribution in [0.5, 0.6) is 0 Å². The quantitative estimate of drug-likeness (QED) is 0.777. The SMILES string of the molecule is CN(C1CCS(=O)(=O)C1)S(=O)(=O)c1ccccc1C(N)=S. The molecular weight excluding hydrogens is 332 g/mol. The van der Waals surface area contributed by atoms with Gasteiger partial charge < -0.3 is 5.73 Å². The smallest absolute Gasteiger partial charge is 0.243 e. The number of sulfone groups is 1. The third-order valence-electron chi connectivity index (χ3n) is 3.53. The zero-order valence-electron chi connectivity index (χ0n) is 11.4. The van der Waals surface area contributed by atoms with Crippen LogP contribution in [0.25, 0.3) is 0 Å². The number of sulfonamides is 1. The van der Waals surface area contributed by atoms with E-state index in [2.05, 4.69) is 0 Å². The maximum Gasteiger partial charge on any atom is 0.243 e. The molecule has 0 bridgehead atoms. The maximum atomic E-state index is 12.7. The summed E-state index contributed by atoms with van der Waals surface area (Å²) in [6.45, 7) is 0. The number of nitrogens with two attached hydrogens (primary N) is 1. The van der Waals surface area contributed by atoms with Crippen molar-refractivity contribution < 1.29 is 16.8 Å². The first-order valence-electron chi connectivity index (χ1n) is 6.22. The Morgan fingerprint density at radius 2 is 2.00 bits per heavy atom. The first-order chi connectivity index (χ1) is 9.65. The highest BCUT2D eigenvalue weighted by molar-refractivity contribution is 7.92. The van der Waals surface area contributed by atoms with Gasteiger partial charge in [0.1, 0.15) is 4.99 Å². The van der Waals surface area contributed by atoms with Gasteiger partial charge in [-0.2, -0.15) is 4.31 Å². The number of thiocarbonyl (C=S) groups is 1. The molecule has 0 spiro atoms. The molecule has 0 aliphatic carbocycles. The summed E-state index contributed by atoms with van der Waals surface area (Å²) in [7, 11) is -5.63. The average Bonchev–Trinajstić information content (AvgIpc) is 2.78. The zero-order valence-corrected chi connectivity index (χ0v) is 13.8. The van der Waals surface area contributed by atoms with Crippen LogP contribution < -0.4 is 5.73 Å². The van der Waals surface area contributed by atoms with Gasteiger partial charge in [-0.1, -0.05) is 30.4 Å². The minimum absolute atomic E-state index is 0.00398. The predicted octanol–water partition coefficient (Wildman–Crippen LogP) is 0.128. The topological polar surface area (TPSA) is 97.5 Å². The summed E-state index contributed by atoms with van der Waals surface area (Å²) in [5.74, 6) is -0.146. The monoisotopic (exact) mass is 348 g/mol. The Hall–Kier alpha value is -1.03. The lowest BCUT2D eigenvalue weighted by molar-refractivity contribution is 0.394. The fourth-order valence-corrected chi connectivity index (χ4v) is 6.01. The lowest BCUT2D eigenvalue weighted by Crippen LogP contribution is -2.38. The Morgan fingerprint density at radius 3 is 2.52 bits per heavy atom. The molecule has 1 saturated heterocycles. The fraction of sp³-hybridized carbons (Fsp3) is 0.417. The van der Waals surface area contributed by atoms with Crippen LogP contribution >= 0.6 is 12.2 Å². The van der Waals surface area contributed by atoms with Crippen molar-refractivity contribution in [2.24, 2.45) is 5.73 Å². The van der Waals surface area contributed by atoms with E-state index in [1.807, 2.05) is 0 Å². The molecule has 1 heterocycles. The normalized spacial score (nSPS) is 21.5. The van der Waals surface area contributed by atoms with Crippen molar-refractivity contribution in [1.29, 1.82) is 0 Å².